The first-order valence-electron chi connectivity index (χ1n) is 8.28. The van der Waals surface area contributed by atoms with Crippen LogP contribution in [0.4, 0.5) is 0 Å². The molecule has 0 bridgehead atoms. The van der Waals surface area contributed by atoms with Crippen molar-refractivity contribution in [3.8, 4) is 0 Å². The van der Waals surface area contributed by atoms with Gasteiger partial charge in [-0.1, -0.05) is 42.5 Å². The molecule has 1 fully saturated rings. The monoisotopic (exact) mass is 312 g/mol. The highest BCUT2D eigenvalue weighted by Gasteiger charge is 2.21. The number of β-amino-alcohol motifs (C(OH)–C–C–N with tert-alkyl or cyclic N) is 1. The van der Waals surface area contributed by atoms with E-state index in [0.717, 1.165) is 31.7 Å². The van der Waals surface area contributed by atoms with E-state index in [1.165, 1.54) is 10.8 Å². The summed E-state index contributed by atoms with van der Waals surface area (Å²) < 4.78 is 0. The molecule has 4 nitrogen and oxygen atoms in total. The molecule has 4 heteroatoms. The number of hydrogen-bond acceptors (Lipinski definition) is 3. The van der Waals surface area contributed by atoms with Gasteiger partial charge in [0, 0.05) is 32.7 Å². The van der Waals surface area contributed by atoms with Gasteiger partial charge in [-0.05, 0) is 23.3 Å². The van der Waals surface area contributed by atoms with Gasteiger partial charge in [-0.15, -0.1) is 0 Å². The summed E-state index contributed by atoms with van der Waals surface area (Å²) in [5, 5.41) is 11.8. The van der Waals surface area contributed by atoms with Crippen LogP contribution in [0.15, 0.2) is 42.5 Å². The van der Waals surface area contributed by atoms with Crippen LogP contribution in [0.3, 0.4) is 0 Å². The highest BCUT2D eigenvalue weighted by molar-refractivity contribution is 5.85. The third-order valence-corrected chi connectivity index (χ3v) is 4.42. The van der Waals surface area contributed by atoms with Crippen molar-refractivity contribution in [2.75, 3.05) is 32.7 Å². The van der Waals surface area contributed by atoms with Crippen LogP contribution in [-0.2, 0) is 11.2 Å². The summed E-state index contributed by atoms with van der Waals surface area (Å²) in [7, 11) is 0. The molecule has 2 aromatic carbocycles. The lowest BCUT2D eigenvalue weighted by atomic mass is 10.0. The number of piperazine rings is 1. The summed E-state index contributed by atoms with van der Waals surface area (Å²) in [5.74, 6) is 0.192. The van der Waals surface area contributed by atoms with E-state index in [4.69, 9.17) is 0 Å². The Morgan fingerprint density at radius 1 is 1.09 bits per heavy atom. The summed E-state index contributed by atoms with van der Waals surface area (Å²) in [6.07, 6.45) is 0.149. The van der Waals surface area contributed by atoms with Gasteiger partial charge in [-0.2, -0.15) is 0 Å². The number of nitrogens with zero attached hydrogens (tertiary/aromatic N) is 2. The maximum absolute atomic E-state index is 12.5. The number of fused-ring (bicyclic) bond motifs is 1. The van der Waals surface area contributed by atoms with Crippen LogP contribution in [0.1, 0.15) is 12.5 Å². The molecule has 0 radical (unpaired) electrons. The van der Waals surface area contributed by atoms with Gasteiger partial charge in [0.2, 0.25) is 5.91 Å². The van der Waals surface area contributed by atoms with Gasteiger partial charge in [-0.3, -0.25) is 9.69 Å². The SMILES string of the molecule is CC(O)CN1CCN(C(=O)Cc2ccc3ccccc3c2)CC1. The Bertz CT molecular complexity index is 676. The first-order valence-corrected chi connectivity index (χ1v) is 8.28. The lowest BCUT2D eigenvalue weighted by Crippen LogP contribution is -2.50. The van der Waals surface area contributed by atoms with E-state index in [0.29, 0.717) is 13.0 Å². The first kappa shape index (κ1) is 16.0. The lowest BCUT2D eigenvalue weighted by Gasteiger charge is -2.35. The zero-order valence-corrected chi connectivity index (χ0v) is 13.6. The molecule has 0 saturated carbocycles. The summed E-state index contributed by atoms with van der Waals surface area (Å²) >= 11 is 0. The molecule has 23 heavy (non-hydrogen) atoms. The molecule has 1 aliphatic rings. The van der Waals surface area contributed by atoms with E-state index >= 15 is 0 Å². The van der Waals surface area contributed by atoms with Crippen LogP contribution in [0.5, 0.6) is 0 Å². The van der Waals surface area contributed by atoms with Crippen LogP contribution < -0.4 is 0 Å². The Labute approximate surface area is 137 Å². The Hall–Kier alpha value is -1.91. The minimum atomic E-state index is -0.310. The fourth-order valence-corrected chi connectivity index (χ4v) is 3.19. The molecule has 1 aliphatic heterocycles. The molecular weight excluding hydrogens is 288 g/mol. The van der Waals surface area contributed by atoms with Gasteiger partial charge in [0.05, 0.1) is 12.5 Å². The van der Waals surface area contributed by atoms with Crippen LogP contribution in [-0.4, -0.2) is 59.6 Å². The third-order valence-electron chi connectivity index (χ3n) is 4.42. The summed E-state index contributed by atoms with van der Waals surface area (Å²) in [6, 6.07) is 14.5. The fourth-order valence-electron chi connectivity index (χ4n) is 3.19. The molecule has 1 unspecified atom stereocenters. The summed E-state index contributed by atoms with van der Waals surface area (Å²) in [6.45, 7) is 5.67. The molecule has 1 heterocycles. The molecule has 0 aliphatic carbocycles. The van der Waals surface area contributed by atoms with Crippen molar-refractivity contribution in [1.82, 2.24) is 9.80 Å². The number of carbonyl (C=O) groups excluding carboxylic acids is 1. The molecule has 122 valence electrons. The number of carbonyl (C=O) groups is 1. The average molecular weight is 312 g/mol. The molecule has 3 rings (SSSR count). The smallest absolute Gasteiger partial charge is 0.227 e. The van der Waals surface area contributed by atoms with E-state index in [1.54, 1.807) is 6.92 Å². The van der Waals surface area contributed by atoms with Crippen LogP contribution >= 0.6 is 0 Å². The van der Waals surface area contributed by atoms with Crippen molar-refractivity contribution in [2.24, 2.45) is 0 Å². The number of amides is 1. The van der Waals surface area contributed by atoms with Gasteiger partial charge in [0.15, 0.2) is 0 Å². The van der Waals surface area contributed by atoms with Crippen molar-refractivity contribution < 1.29 is 9.90 Å². The van der Waals surface area contributed by atoms with Gasteiger partial charge >= 0.3 is 0 Å². The van der Waals surface area contributed by atoms with E-state index in [2.05, 4.69) is 29.2 Å². The predicted molar refractivity (Wildman–Crippen MR) is 92.4 cm³/mol. The van der Waals surface area contributed by atoms with E-state index in [1.807, 2.05) is 23.1 Å². The highest BCUT2D eigenvalue weighted by atomic mass is 16.3. The Kier molecular flexibility index (Phi) is 4.94. The normalized spacial score (nSPS) is 17.4. The second kappa shape index (κ2) is 7.11. The second-order valence-electron chi connectivity index (χ2n) is 6.39. The summed E-state index contributed by atoms with van der Waals surface area (Å²) in [4.78, 5) is 16.6. The van der Waals surface area contributed by atoms with Crippen molar-refractivity contribution >= 4 is 16.7 Å². The molecule has 0 aromatic heterocycles. The maximum atomic E-state index is 12.5. The van der Waals surface area contributed by atoms with Crippen LogP contribution in [0.2, 0.25) is 0 Å². The van der Waals surface area contributed by atoms with Gasteiger partial charge in [0.25, 0.3) is 0 Å². The molecule has 1 N–H and O–H groups in total. The lowest BCUT2D eigenvalue weighted by molar-refractivity contribution is -0.132. The largest absolute Gasteiger partial charge is 0.392 e. The third kappa shape index (κ3) is 4.09. The van der Waals surface area contributed by atoms with Gasteiger partial charge in [-0.25, -0.2) is 0 Å². The van der Waals surface area contributed by atoms with Gasteiger partial charge in [0.1, 0.15) is 0 Å². The maximum Gasteiger partial charge on any atom is 0.227 e. The Balaban J connectivity index is 1.58. The van der Waals surface area contributed by atoms with Crippen LogP contribution in [0, 0.1) is 0 Å². The highest BCUT2D eigenvalue weighted by Crippen LogP contribution is 2.16. The van der Waals surface area contributed by atoms with Crippen molar-refractivity contribution in [3.63, 3.8) is 0 Å². The number of benzene rings is 2. The number of rotatable bonds is 4. The standard InChI is InChI=1S/C19H24N2O2/c1-15(22)14-20-8-10-21(11-9-20)19(23)13-16-6-7-17-4-2-3-5-18(17)12-16/h2-7,12,15,22H,8-11,13-14H2,1H3. The number of hydrogen-bond donors (Lipinski definition) is 1. The fraction of sp³-hybridized carbons (Fsp3) is 0.421. The zero-order chi connectivity index (χ0) is 16.2. The minimum Gasteiger partial charge on any atom is -0.392 e. The molecule has 1 amide bonds. The quantitative estimate of drug-likeness (QED) is 0.938. The summed E-state index contributed by atoms with van der Waals surface area (Å²) in [5.41, 5.74) is 1.07. The molecule has 1 saturated heterocycles. The Morgan fingerprint density at radius 3 is 2.48 bits per heavy atom. The first-order chi connectivity index (χ1) is 11.1. The van der Waals surface area contributed by atoms with Gasteiger partial charge < -0.3 is 10.0 Å². The predicted octanol–water partition coefficient (Wildman–Crippen LogP) is 1.91. The van der Waals surface area contributed by atoms with Crippen LogP contribution in [0.25, 0.3) is 10.8 Å². The zero-order valence-electron chi connectivity index (χ0n) is 13.6. The molecular formula is C19H24N2O2. The molecule has 0 spiro atoms. The second-order valence-corrected chi connectivity index (χ2v) is 6.39. The van der Waals surface area contributed by atoms with E-state index in [-0.39, 0.29) is 12.0 Å². The Morgan fingerprint density at radius 2 is 1.78 bits per heavy atom. The van der Waals surface area contributed by atoms with Crippen molar-refractivity contribution in [2.45, 2.75) is 19.4 Å². The van der Waals surface area contributed by atoms with Crippen molar-refractivity contribution in [1.29, 1.82) is 0 Å². The topological polar surface area (TPSA) is 43.8 Å². The molecule has 2 aromatic rings. The number of aliphatic hydroxyl groups is 1. The minimum absolute atomic E-state index is 0.192. The van der Waals surface area contributed by atoms with E-state index in [9.17, 15) is 9.90 Å². The molecule has 1 atom stereocenters. The van der Waals surface area contributed by atoms with E-state index < -0.39 is 0 Å². The average Bonchev–Trinajstić information content (AvgIpc) is 2.55. The number of aliphatic hydroxyl groups excluding tert-OH is 1. The van der Waals surface area contributed by atoms with Crippen molar-refractivity contribution in [3.05, 3.63) is 48.0 Å².